The SMILES string of the molecule is COc1cccc(CNC(=O)C(=O)c2ccc(Br)cc2)c1. The molecule has 2 rings (SSSR count). The number of carbonyl (C=O) groups excluding carboxylic acids is 2. The second-order valence-corrected chi connectivity index (χ2v) is 5.29. The zero-order valence-electron chi connectivity index (χ0n) is 11.4. The number of methoxy groups -OCH3 is 1. The lowest BCUT2D eigenvalue weighted by atomic mass is 10.1. The van der Waals surface area contributed by atoms with E-state index in [4.69, 9.17) is 4.74 Å². The predicted octanol–water partition coefficient (Wildman–Crippen LogP) is 2.96. The van der Waals surface area contributed by atoms with Crippen molar-refractivity contribution in [3.05, 3.63) is 64.1 Å². The highest BCUT2D eigenvalue weighted by Gasteiger charge is 2.15. The molecule has 0 atom stereocenters. The average Bonchev–Trinajstić information content (AvgIpc) is 2.53. The summed E-state index contributed by atoms with van der Waals surface area (Å²) in [4.78, 5) is 23.8. The molecule has 0 aromatic heterocycles. The molecule has 2 aromatic carbocycles. The molecule has 0 spiro atoms. The molecule has 108 valence electrons. The molecule has 0 aliphatic carbocycles. The van der Waals surface area contributed by atoms with Gasteiger partial charge in [-0.3, -0.25) is 9.59 Å². The van der Waals surface area contributed by atoms with E-state index in [1.165, 1.54) is 0 Å². The maximum atomic E-state index is 11.9. The molecule has 0 bridgehead atoms. The van der Waals surface area contributed by atoms with Gasteiger partial charge in [0.1, 0.15) is 5.75 Å². The molecule has 0 fully saturated rings. The van der Waals surface area contributed by atoms with Crippen LogP contribution in [-0.2, 0) is 11.3 Å². The lowest BCUT2D eigenvalue weighted by molar-refractivity contribution is -0.117. The van der Waals surface area contributed by atoms with E-state index in [1.807, 2.05) is 24.3 Å². The number of hydrogen-bond donors (Lipinski definition) is 1. The van der Waals surface area contributed by atoms with Crippen LogP contribution in [0.25, 0.3) is 0 Å². The molecule has 1 amide bonds. The first-order valence-electron chi connectivity index (χ1n) is 6.31. The number of benzene rings is 2. The van der Waals surface area contributed by atoms with Crippen molar-refractivity contribution >= 4 is 27.6 Å². The van der Waals surface area contributed by atoms with Gasteiger partial charge in [-0.2, -0.15) is 0 Å². The first-order valence-corrected chi connectivity index (χ1v) is 7.10. The van der Waals surface area contributed by atoms with Gasteiger partial charge >= 0.3 is 0 Å². The topological polar surface area (TPSA) is 55.4 Å². The van der Waals surface area contributed by atoms with E-state index in [0.717, 1.165) is 10.0 Å². The van der Waals surface area contributed by atoms with Crippen molar-refractivity contribution in [1.82, 2.24) is 5.32 Å². The standard InChI is InChI=1S/C16H14BrNO3/c1-21-14-4-2-3-11(9-14)10-18-16(20)15(19)12-5-7-13(17)8-6-12/h2-9H,10H2,1H3,(H,18,20). The summed E-state index contributed by atoms with van der Waals surface area (Å²) in [5.41, 5.74) is 1.23. The Morgan fingerprint density at radius 1 is 1.14 bits per heavy atom. The lowest BCUT2D eigenvalue weighted by Gasteiger charge is -2.06. The summed E-state index contributed by atoms with van der Waals surface area (Å²) in [5, 5.41) is 2.61. The minimum Gasteiger partial charge on any atom is -0.497 e. The molecule has 21 heavy (non-hydrogen) atoms. The van der Waals surface area contributed by atoms with Gasteiger partial charge in [-0.1, -0.05) is 28.1 Å². The van der Waals surface area contributed by atoms with Crippen molar-refractivity contribution in [3.8, 4) is 5.75 Å². The molecule has 0 radical (unpaired) electrons. The molecule has 2 aromatic rings. The second-order valence-electron chi connectivity index (χ2n) is 4.37. The van der Waals surface area contributed by atoms with Crippen LogP contribution in [-0.4, -0.2) is 18.8 Å². The van der Waals surface area contributed by atoms with Gasteiger partial charge < -0.3 is 10.1 Å². The molecule has 5 heteroatoms. The summed E-state index contributed by atoms with van der Waals surface area (Å²) in [6.45, 7) is 0.276. The second kappa shape index (κ2) is 7.04. The van der Waals surface area contributed by atoms with Crippen molar-refractivity contribution in [1.29, 1.82) is 0 Å². The Morgan fingerprint density at radius 2 is 1.86 bits per heavy atom. The fourth-order valence-corrected chi connectivity index (χ4v) is 2.04. The van der Waals surface area contributed by atoms with Crippen LogP contribution < -0.4 is 10.1 Å². The van der Waals surface area contributed by atoms with Gasteiger partial charge in [-0.05, 0) is 42.0 Å². The molecule has 0 aliphatic rings. The van der Waals surface area contributed by atoms with Crippen LogP contribution in [0.5, 0.6) is 5.75 Å². The van der Waals surface area contributed by atoms with Gasteiger partial charge in [0.15, 0.2) is 0 Å². The summed E-state index contributed by atoms with van der Waals surface area (Å²) in [6, 6.07) is 14.0. The van der Waals surface area contributed by atoms with E-state index >= 15 is 0 Å². The van der Waals surface area contributed by atoms with Crippen LogP contribution >= 0.6 is 15.9 Å². The van der Waals surface area contributed by atoms with Gasteiger partial charge in [0.25, 0.3) is 5.91 Å². The zero-order valence-corrected chi connectivity index (χ0v) is 13.0. The van der Waals surface area contributed by atoms with Crippen LogP contribution in [0.1, 0.15) is 15.9 Å². The molecular formula is C16H14BrNO3. The lowest BCUT2D eigenvalue weighted by Crippen LogP contribution is -2.30. The molecule has 0 saturated carbocycles. The number of Topliss-reactive ketones (excluding diaryl/α,β-unsaturated/α-hetero) is 1. The number of ketones is 1. The first-order chi connectivity index (χ1) is 10.1. The Bertz CT molecular complexity index is 653. The largest absolute Gasteiger partial charge is 0.497 e. The predicted molar refractivity (Wildman–Crippen MR) is 83.3 cm³/mol. The quantitative estimate of drug-likeness (QED) is 0.668. The summed E-state index contributed by atoms with van der Waals surface area (Å²) in [7, 11) is 1.58. The average molecular weight is 348 g/mol. The number of carbonyl (C=O) groups is 2. The van der Waals surface area contributed by atoms with Crippen LogP contribution in [0.4, 0.5) is 0 Å². The highest BCUT2D eigenvalue weighted by molar-refractivity contribution is 9.10. The van der Waals surface area contributed by atoms with E-state index < -0.39 is 11.7 Å². The third kappa shape index (κ3) is 4.16. The minimum absolute atomic E-state index is 0.276. The van der Waals surface area contributed by atoms with E-state index in [0.29, 0.717) is 11.3 Å². The normalized spacial score (nSPS) is 10.0. The summed E-state index contributed by atoms with van der Waals surface area (Å²) >= 11 is 3.28. The number of hydrogen-bond acceptors (Lipinski definition) is 3. The fraction of sp³-hybridized carbons (Fsp3) is 0.125. The molecule has 4 nitrogen and oxygen atoms in total. The smallest absolute Gasteiger partial charge is 0.292 e. The first kappa shape index (κ1) is 15.3. The summed E-state index contributed by atoms with van der Waals surface area (Å²) in [6.07, 6.45) is 0. The number of nitrogens with one attached hydrogen (secondary N) is 1. The Kier molecular flexibility index (Phi) is 5.11. The molecule has 0 saturated heterocycles. The van der Waals surface area contributed by atoms with Crippen LogP contribution in [0.2, 0.25) is 0 Å². The van der Waals surface area contributed by atoms with Crippen molar-refractivity contribution < 1.29 is 14.3 Å². The Balaban J connectivity index is 1.97. The van der Waals surface area contributed by atoms with Gasteiger partial charge in [0.05, 0.1) is 7.11 Å². The van der Waals surface area contributed by atoms with E-state index in [2.05, 4.69) is 21.2 Å². The van der Waals surface area contributed by atoms with Crippen molar-refractivity contribution in [2.24, 2.45) is 0 Å². The third-order valence-corrected chi connectivity index (χ3v) is 3.43. The molecule has 0 aliphatic heterocycles. The molecule has 0 heterocycles. The van der Waals surface area contributed by atoms with E-state index in [9.17, 15) is 9.59 Å². The summed E-state index contributed by atoms with van der Waals surface area (Å²) < 4.78 is 5.96. The zero-order chi connectivity index (χ0) is 15.2. The number of ether oxygens (including phenoxy) is 1. The Morgan fingerprint density at radius 3 is 2.52 bits per heavy atom. The third-order valence-electron chi connectivity index (χ3n) is 2.90. The molecule has 1 N–H and O–H groups in total. The van der Waals surface area contributed by atoms with Crippen LogP contribution in [0.15, 0.2) is 53.0 Å². The maximum absolute atomic E-state index is 11.9. The highest BCUT2D eigenvalue weighted by Crippen LogP contribution is 2.13. The highest BCUT2D eigenvalue weighted by atomic mass is 79.9. The van der Waals surface area contributed by atoms with Gasteiger partial charge in [-0.15, -0.1) is 0 Å². The van der Waals surface area contributed by atoms with Crippen molar-refractivity contribution in [3.63, 3.8) is 0 Å². The Labute approximate surface area is 131 Å². The maximum Gasteiger partial charge on any atom is 0.292 e. The molecular weight excluding hydrogens is 334 g/mol. The number of halogens is 1. The monoisotopic (exact) mass is 347 g/mol. The van der Waals surface area contributed by atoms with Gasteiger partial charge in [-0.25, -0.2) is 0 Å². The van der Waals surface area contributed by atoms with Crippen LogP contribution in [0, 0.1) is 0 Å². The summed E-state index contributed by atoms with van der Waals surface area (Å²) in [5.74, 6) is -0.466. The number of amides is 1. The van der Waals surface area contributed by atoms with Crippen LogP contribution in [0.3, 0.4) is 0 Å². The van der Waals surface area contributed by atoms with E-state index in [-0.39, 0.29) is 6.54 Å². The number of rotatable bonds is 5. The fourth-order valence-electron chi connectivity index (χ4n) is 1.78. The van der Waals surface area contributed by atoms with Crippen molar-refractivity contribution in [2.45, 2.75) is 6.54 Å². The Hall–Kier alpha value is -2.14. The minimum atomic E-state index is -0.625. The van der Waals surface area contributed by atoms with Gasteiger partial charge in [0, 0.05) is 16.6 Å². The van der Waals surface area contributed by atoms with Crippen molar-refractivity contribution in [2.75, 3.05) is 7.11 Å². The molecule has 0 unspecified atom stereocenters. The van der Waals surface area contributed by atoms with E-state index in [1.54, 1.807) is 31.4 Å². The van der Waals surface area contributed by atoms with Gasteiger partial charge in [0.2, 0.25) is 5.78 Å².